The smallest absolute Gasteiger partial charge is 0.416 e. The number of methoxy groups -OCH3 is 2. The molecular weight excluding hydrogens is 397 g/mol. The van der Waals surface area contributed by atoms with Crippen LogP contribution in [0.1, 0.15) is 26.3 Å². The van der Waals surface area contributed by atoms with Crippen molar-refractivity contribution in [2.45, 2.75) is 6.18 Å². The van der Waals surface area contributed by atoms with Crippen molar-refractivity contribution in [3.8, 4) is 0 Å². The molecule has 0 aromatic heterocycles. The summed E-state index contributed by atoms with van der Waals surface area (Å²) in [5.41, 5.74) is -0.415. The Morgan fingerprint density at radius 2 is 1.64 bits per heavy atom. The maximum atomic E-state index is 12.8. The number of anilines is 2. The lowest BCUT2D eigenvalue weighted by molar-refractivity contribution is -0.137. The van der Waals surface area contributed by atoms with E-state index in [0.717, 1.165) is 12.1 Å². The first-order valence-electron chi connectivity index (χ1n) is 7.71. The van der Waals surface area contributed by atoms with E-state index in [9.17, 15) is 22.8 Å². The number of thiocarbonyl (C=S) groups is 1. The Bertz CT molecular complexity index is 916. The van der Waals surface area contributed by atoms with Crippen molar-refractivity contribution in [3.63, 3.8) is 0 Å². The molecule has 0 radical (unpaired) electrons. The Morgan fingerprint density at radius 3 is 2.25 bits per heavy atom. The van der Waals surface area contributed by atoms with Gasteiger partial charge in [0.2, 0.25) is 0 Å². The molecule has 0 fully saturated rings. The number of hydrogen-bond acceptors (Lipinski definition) is 5. The average Bonchev–Trinajstić information content (AvgIpc) is 2.66. The third-order valence-electron chi connectivity index (χ3n) is 3.54. The molecule has 0 bridgehead atoms. The summed E-state index contributed by atoms with van der Waals surface area (Å²) in [6, 6.07) is 8.47. The predicted molar refractivity (Wildman–Crippen MR) is 100 cm³/mol. The van der Waals surface area contributed by atoms with Crippen LogP contribution in [0.2, 0.25) is 0 Å². The molecule has 2 N–H and O–H groups in total. The van der Waals surface area contributed by atoms with Crippen LogP contribution in [0.3, 0.4) is 0 Å². The molecule has 0 unspecified atom stereocenters. The SMILES string of the molecule is COC(=O)c1ccc(C(=O)OC)c(NC(=S)Nc2cccc(C(F)(F)F)c2)c1. The summed E-state index contributed by atoms with van der Waals surface area (Å²) in [5, 5.41) is 5.19. The molecule has 0 saturated carbocycles. The van der Waals surface area contributed by atoms with Gasteiger partial charge in [-0.05, 0) is 48.6 Å². The number of carbonyl (C=O) groups excluding carboxylic acids is 2. The van der Waals surface area contributed by atoms with E-state index in [1.54, 1.807) is 0 Å². The Balaban J connectivity index is 2.27. The second-order valence-electron chi connectivity index (χ2n) is 5.40. The highest BCUT2D eigenvalue weighted by Crippen LogP contribution is 2.30. The van der Waals surface area contributed by atoms with Gasteiger partial charge in [0.25, 0.3) is 0 Å². The van der Waals surface area contributed by atoms with Crippen LogP contribution >= 0.6 is 12.2 Å². The molecule has 6 nitrogen and oxygen atoms in total. The van der Waals surface area contributed by atoms with E-state index in [0.29, 0.717) is 0 Å². The van der Waals surface area contributed by atoms with E-state index >= 15 is 0 Å². The fourth-order valence-corrected chi connectivity index (χ4v) is 2.47. The summed E-state index contributed by atoms with van der Waals surface area (Å²) < 4.78 is 47.7. The summed E-state index contributed by atoms with van der Waals surface area (Å²) in [6.07, 6.45) is -4.50. The zero-order valence-corrected chi connectivity index (χ0v) is 15.5. The minimum atomic E-state index is -4.50. The first-order chi connectivity index (χ1) is 13.2. The van der Waals surface area contributed by atoms with Crippen molar-refractivity contribution in [1.82, 2.24) is 0 Å². The van der Waals surface area contributed by atoms with Gasteiger partial charge < -0.3 is 20.1 Å². The standard InChI is InChI=1S/C18H15F3N2O4S/c1-26-15(24)10-6-7-13(16(25)27-2)14(8-10)23-17(28)22-12-5-3-4-11(9-12)18(19,20)21/h3-9H,1-2H3,(H2,22,23,28). The number of halogens is 3. The van der Waals surface area contributed by atoms with E-state index in [-0.39, 0.29) is 27.6 Å². The monoisotopic (exact) mass is 412 g/mol. The molecule has 0 atom stereocenters. The molecular formula is C18H15F3N2O4S. The van der Waals surface area contributed by atoms with Gasteiger partial charge in [-0.25, -0.2) is 9.59 Å². The second-order valence-corrected chi connectivity index (χ2v) is 5.81. The highest BCUT2D eigenvalue weighted by atomic mass is 32.1. The minimum absolute atomic E-state index is 0.0725. The van der Waals surface area contributed by atoms with Gasteiger partial charge in [-0.15, -0.1) is 0 Å². The van der Waals surface area contributed by atoms with Crippen LogP contribution in [0.4, 0.5) is 24.5 Å². The van der Waals surface area contributed by atoms with E-state index in [1.807, 2.05) is 0 Å². The number of esters is 2. The molecule has 0 aliphatic carbocycles. The topological polar surface area (TPSA) is 76.7 Å². The van der Waals surface area contributed by atoms with Crippen LogP contribution in [-0.2, 0) is 15.7 Å². The quantitative estimate of drug-likeness (QED) is 0.579. The molecule has 0 aliphatic heterocycles. The molecule has 28 heavy (non-hydrogen) atoms. The Labute approximate surface area is 163 Å². The highest BCUT2D eigenvalue weighted by molar-refractivity contribution is 7.80. The zero-order chi connectivity index (χ0) is 20.9. The van der Waals surface area contributed by atoms with Crippen molar-refractivity contribution < 1.29 is 32.2 Å². The molecule has 0 heterocycles. The summed E-state index contributed by atoms with van der Waals surface area (Å²) in [4.78, 5) is 23.6. The number of nitrogens with one attached hydrogen (secondary N) is 2. The van der Waals surface area contributed by atoms with Gasteiger partial charge in [0.15, 0.2) is 5.11 Å². The summed E-state index contributed by atoms with van der Waals surface area (Å²) >= 11 is 5.10. The molecule has 148 valence electrons. The Morgan fingerprint density at radius 1 is 0.964 bits per heavy atom. The molecule has 0 saturated heterocycles. The number of alkyl halides is 3. The van der Waals surface area contributed by atoms with Gasteiger partial charge in [0.1, 0.15) is 0 Å². The van der Waals surface area contributed by atoms with Gasteiger partial charge >= 0.3 is 18.1 Å². The molecule has 0 spiro atoms. The second kappa shape index (κ2) is 8.70. The summed E-state index contributed by atoms with van der Waals surface area (Å²) in [7, 11) is 2.38. The number of rotatable bonds is 4. The van der Waals surface area contributed by atoms with Gasteiger partial charge in [-0.2, -0.15) is 13.2 Å². The third kappa shape index (κ3) is 5.19. The van der Waals surface area contributed by atoms with Crippen LogP contribution in [0.25, 0.3) is 0 Å². The minimum Gasteiger partial charge on any atom is -0.465 e. The lowest BCUT2D eigenvalue weighted by atomic mass is 10.1. The molecule has 0 amide bonds. The van der Waals surface area contributed by atoms with Gasteiger partial charge in [0, 0.05) is 5.69 Å². The van der Waals surface area contributed by atoms with Gasteiger partial charge in [-0.1, -0.05) is 6.07 Å². The molecule has 2 aromatic carbocycles. The van der Waals surface area contributed by atoms with Crippen molar-refractivity contribution >= 4 is 40.6 Å². The average molecular weight is 412 g/mol. The summed E-state index contributed by atoms with van der Waals surface area (Å²) in [6.45, 7) is 0. The van der Waals surface area contributed by atoms with Crippen molar-refractivity contribution in [2.24, 2.45) is 0 Å². The Hall–Kier alpha value is -3.14. The van der Waals surface area contributed by atoms with Crippen molar-refractivity contribution in [2.75, 3.05) is 24.9 Å². The molecule has 2 rings (SSSR count). The normalized spacial score (nSPS) is 10.8. The number of carbonyl (C=O) groups is 2. The first-order valence-corrected chi connectivity index (χ1v) is 8.12. The van der Waals surface area contributed by atoms with E-state index in [1.165, 1.54) is 44.6 Å². The largest absolute Gasteiger partial charge is 0.465 e. The van der Waals surface area contributed by atoms with E-state index in [4.69, 9.17) is 12.2 Å². The van der Waals surface area contributed by atoms with Crippen LogP contribution < -0.4 is 10.6 Å². The fourth-order valence-electron chi connectivity index (χ4n) is 2.24. The van der Waals surface area contributed by atoms with Crippen LogP contribution in [-0.4, -0.2) is 31.3 Å². The lowest BCUT2D eigenvalue weighted by Gasteiger charge is -2.15. The lowest BCUT2D eigenvalue weighted by Crippen LogP contribution is -2.21. The number of hydrogen-bond donors (Lipinski definition) is 2. The van der Waals surface area contributed by atoms with Crippen molar-refractivity contribution in [3.05, 3.63) is 59.2 Å². The highest BCUT2D eigenvalue weighted by Gasteiger charge is 2.30. The van der Waals surface area contributed by atoms with Crippen LogP contribution in [0.5, 0.6) is 0 Å². The summed E-state index contributed by atoms with van der Waals surface area (Å²) in [5.74, 6) is -1.34. The van der Waals surface area contributed by atoms with E-state index in [2.05, 4.69) is 20.1 Å². The van der Waals surface area contributed by atoms with Crippen molar-refractivity contribution in [1.29, 1.82) is 0 Å². The number of ether oxygens (including phenoxy) is 2. The predicted octanol–water partition coefficient (Wildman–Crippen LogP) is 4.09. The third-order valence-corrected chi connectivity index (χ3v) is 3.75. The van der Waals surface area contributed by atoms with Gasteiger partial charge in [-0.3, -0.25) is 0 Å². The molecule has 2 aromatic rings. The molecule has 0 aliphatic rings. The van der Waals surface area contributed by atoms with Crippen LogP contribution in [0, 0.1) is 0 Å². The first kappa shape index (κ1) is 21.2. The molecule has 10 heteroatoms. The Kier molecular flexibility index (Phi) is 6.57. The maximum Gasteiger partial charge on any atom is 0.416 e. The van der Waals surface area contributed by atoms with E-state index < -0.39 is 23.7 Å². The van der Waals surface area contributed by atoms with Crippen LogP contribution in [0.15, 0.2) is 42.5 Å². The fraction of sp³-hybridized carbons (Fsp3) is 0.167. The zero-order valence-electron chi connectivity index (χ0n) is 14.7. The number of benzene rings is 2. The maximum absolute atomic E-state index is 12.8. The van der Waals surface area contributed by atoms with Gasteiger partial charge in [0.05, 0.1) is 36.6 Å².